The number of hydrogen-bond acceptors (Lipinski definition) is 6. The predicted octanol–water partition coefficient (Wildman–Crippen LogP) is 3.44. The van der Waals surface area contributed by atoms with Crippen molar-refractivity contribution in [1.82, 2.24) is 4.98 Å². The maximum Gasteiger partial charge on any atom is 0.350 e. The molecule has 1 N–H and O–H groups in total. The molecule has 2 aromatic rings. The maximum atomic E-state index is 11.9. The highest BCUT2D eigenvalue weighted by Gasteiger charge is 2.17. The van der Waals surface area contributed by atoms with E-state index < -0.39 is 5.97 Å². The molecule has 8 heteroatoms. The van der Waals surface area contributed by atoms with Crippen LogP contribution in [0.3, 0.4) is 0 Å². The van der Waals surface area contributed by atoms with Crippen molar-refractivity contribution in [3.63, 3.8) is 0 Å². The van der Waals surface area contributed by atoms with Crippen LogP contribution in [-0.4, -0.2) is 30.1 Å². The molecule has 0 saturated carbocycles. The van der Waals surface area contributed by atoms with Gasteiger partial charge in [0.25, 0.3) is 5.91 Å². The Morgan fingerprint density at radius 1 is 1.33 bits per heavy atom. The van der Waals surface area contributed by atoms with Crippen LogP contribution in [0.4, 0.5) is 5.13 Å². The van der Waals surface area contributed by atoms with Crippen molar-refractivity contribution >= 4 is 39.9 Å². The largest absolute Gasteiger partial charge is 0.462 e. The highest BCUT2D eigenvalue weighted by atomic mass is 35.5. The molecular formula is C16H17ClN2O4S. The minimum atomic E-state index is -0.442. The fourth-order valence-electron chi connectivity index (χ4n) is 1.86. The van der Waals surface area contributed by atoms with Crippen molar-refractivity contribution in [2.75, 3.05) is 18.5 Å². The number of nitrogens with zero attached hydrogens (tertiary/aromatic N) is 1. The van der Waals surface area contributed by atoms with Crippen LogP contribution in [0.25, 0.3) is 0 Å². The smallest absolute Gasteiger partial charge is 0.350 e. The molecule has 0 bridgehead atoms. The van der Waals surface area contributed by atoms with Crippen LogP contribution in [0.1, 0.15) is 27.9 Å². The number of thiazole rings is 1. The van der Waals surface area contributed by atoms with Crippen molar-refractivity contribution in [2.24, 2.45) is 0 Å². The number of hydrogen-bond donors (Lipinski definition) is 1. The molecule has 0 spiro atoms. The fourth-order valence-corrected chi connectivity index (χ4v) is 2.93. The standard InChI is InChI=1S/C16H17ClN2O4S/c1-3-23-15(21)14-10(2)18-16(24-14)19-13(20)9-22-8-11-6-4-5-7-12(11)17/h4-7H,3,8-9H2,1-2H3,(H,18,19,20). The van der Waals surface area contributed by atoms with E-state index >= 15 is 0 Å². The lowest BCUT2D eigenvalue weighted by molar-refractivity contribution is -0.121. The van der Waals surface area contributed by atoms with E-state index in [4.69, 9.17) is 21.1 Å². The first-order valence-corrected chi connectivity index (χ1v) is 8.46. The maximum absolute atomic E-state index is 11.9. The summed E-state index contributed by atoms with van der Waals surface area (Å²) in [5, 5.41) is 3.53. The lowest BCUT2D eigenvalue weighted by Gasteiger charge is -2.05. The van der Waals surface area contributed by atoms with E-state index in [0.29, 0.717) is 20.7 Å². The summed E-state index contributed by atoms with van der Waals surface area (Å²) in [5.41, 5.74) is 1.33. The third-order valence-corrected chi connectivity index (χ3v) is 4.37. The molecule has 0 unspecified atom stereocenters. The van der Waals surface area contributed by atoms with Gasteiger partial charge in [-0.15, -0.1) is 0 Å². The quantitative estimate of drug-likeness (QED) is 0.757. The molecule has 0 fully saturated rings. The van der Waals surface area contributed by atoms with E-state index in [9.17, 15) is 9.59 Å². The zero-order chi connectivity index (χ0) is 17.5. The van der Waals surface area contributed by atoms with Crippen LogP contribution in [0.2, 0.25) is 5.02 Å². The monoisotopic (exact) mass is 368 g/mol. The molecule has 128 valence electrons. The minimum Gasteiger partial charge on any atom is -0.462 e. The summed E-state index contributed by atoms with van der Waals surface area (Å²) in [5.74, 6) is -0.797. The van der Waals surface area contributed by atoms with Gasteiger partial charge in [0.15, 0.2) is 5.13 Å². The second-order valence-corrected chi connectivity index (χ2v) is 6.19. The van der Waals surface area contributed by atoms with Crippen LogP contribution in [-0.2, 0) is 20.9 Å². The first-order chi connectivity index (χ1) is 11.5. The van der Waals surface area contributed by atoms with Crippen LogP contribution in [0, 0.1) is 6.92 Å². The highest BCUT2D eigenvalue weighted by molar-refractivity contribution is 7.17. The van der Waals surface area contributed by atoms with Gasteiger partial charge in [-0.2, -0.15) is 0 Å². The van der Waals surface area contributed by atoms with Crippen molar-refractivity contribution < 1.29 is 19.1 Å². The lowest BCUT2D eigenvalue weighted by Crippen LogP contribution is -2.18. The number of rotatable bonds is 7. The predicted molar refractivity (Wildman–Crippen MR) is 92.5 cm³/mol. The average Bonchev–Trinajstić information content (AvgIpc) is 2.90. The number of esters is 1. The van der Waals surface area contributed by atoms with Crippen molar-refractivity contribution in [3.05, 3.63) is 45.4 Å². The number of aryl methyl sites for hydroxylation is 1. The zero-order valence-corrected chi connectivity index (χ0v) is 14.9. The summed E-state index contributed by atoms with van der Waals surface area (Å²) in [6, 6.07) is 7.26. The van der Waals surface area contributed by atoms with Crippen LogP contribution in [0.5, 0.6) is 0 Å². The van der Waals surface area contributed by atoms with Gasteiger partial charge < -0.3 is 9.47 Å². The van der Waals surface area contributed by atoms with Gasteiger partial charge in [-0.3, -0.25) is 10.1 Å². The Hall–Kier alpha value is -1.96. The Morgan fingerprint density at radius 3 is 2.79 bits per heavy atom. The number of nitrogens with one attached hydrogen (secondary N) is 1. The third kappa shape index (κ3) is 5.02. The Bertz CT molecular complexity index is 733. The summed E-state index contributed by atoms with van der Waals surface area (Å²) >= 11 is 7.09. The SMILES string of the molecule is CCOC(=O)c1sc(NC(=O)COCc2ccccc2Cl)nc1C. The Labute approximate surface area is 148 Å². The highest BCUT2D eigenvalue weighted by Crippen LogP contribution is 2.23. The van der Waals surface area contributed by atoms with Gasteiger partial charge in [0, 0.05) is 5.02 Å². The van der Waals surface area contributed by atoms with Gasteiger partial charge in [-0.25, -0.2) is 9.78 Å². The van der Waals surface area contributed by atoms with E-state index in [-0.39, 0.29) is 25.7 Å². The molecule has 0 aliphatic heterocycles. The molecule has 0 radical (unpaired) electrons. The summed E-state index contributed by atoms with van der Waals surface area (Å²) in [7, 11) is 0. The van der Waals surface area contributed by atoms with Gasteiger partial charge in [0.1, 0.15) is 11.5 Å². The minimum absolute atomic E-state index is 0.140. The molecule has 0 aliphatic carbocycles. The number of carbonyl (C=O) groups excluding carboxylic acids is 2. The molecule has 0 aliphatic rings. The summed E-state index contributed by atoms with van der Waals surface area (Å²) in [6.07, 6.45) is 0. The van der Waals surface area contributed by atoms with Gasteiger partial charge in [0.05, 0.1) is 18.9 Å². The van der Waals surface area contributed by atoms with Gasteiger partial charge in [-0.1, -0.05) is 41.1 Å². The molecule has 0 atom stereocenters. The molecule has 24 heavy (non-hydrogen) atoms. The third-order valence-electron chi connectivity index (χ3n) is 2.95. The first kappa shape index (κ1) is 18.4. The molecule has 2 rings (SSSR count). The number of aromatic nitrogens is 1. The number of anilines is 1. The van der Waals surface area contributed by atoms with Crippen LogP contribution in [0.15, 0.2) is 24.3 Å². The number of halogens is 1. The van der Waals surface area contributed by atoms with Crippen LogP contribution < -0.4 is 5.32 Å². The number of amides is 1. The van der Waals surface area contributed by atoms with Crippen LogP contribution >= 0.6 is 22.9 Å². The van der Waals surface area contributed by atoms with Crippen molar-refractivity contribution in [1.29, 1.82) is 0 Å². The molecule has 0 saturated heterocycles. The van der Waals surface area contributed by atoms with E-state index in [2.05, 4.69) is 10.3 Å². The summed E-state index contributed by atoms with van der Waals surface area (Å²) in [6.45, 7) is 3.80. The lowest BCUT2D eigenvalue weighted by atomic mass is 10.2. The van der Waals surface area contributed by atoms with Crippen molar-refractivity contribution in [2.45, 2.75) is 20.5 Å². The Balaban J connectivity index is 1.85. The Kier molecular flexibility index (Phi) is 6.72. The zero-order valence-electron chi connectivity index (χ0n) is 13.3. The second kappa shape index (κ2) is 8.77. The molecule has 1 amide bonds. The molecular weight excluding hydrogens is 352 g/mol. The van der Waals surface area contributed by atoms with E-state index in [1.54, 1.807) is 19.9 Å². The van der Waals surface area contributed by atoms with E-state index in [1.807, 2.05) is 18.2 Å². The number of ether oxygens (including phenoxy) is 2. The fraction of sp³-hybridized carbons (Fsp3) is 0.312. The summed E-state index contributed by atoms with van der Waals surface area (Å²) < 4.78 is 10.3. The molecule has 1 heterocycles. The van der Waals surface area contributed by atoms with E-state index in [1.165, 1.54) is 0 Å². The number of benzene rings is 1. The van der Waals surface area contributed by atoms with Crippen molar-refractivity contribution in [3.8, 4) is 0 Å². The topological polar surface area (TPSA) is 77.5 Å². The van der Waals surface area contributed by atoms with E-state index in [0.717, 1.165) is 16.9 Å². The normalized spacial score (nSPS) is 10.5. The summed E-state index contributed by atoms with van der Waals surface area (Å²) in [4.78, 5) is 28.1. The van der Waals surface area contributed by atoms with Gasteiger partial charge in [0.2, 0.25) is 0 Å². The van der Waals surface area contributed by atoms with Gasteiger partial charge in [-0.05, 0) is 25.5 Å². The second-order valence-electron chi connectivity index (χ2n) is 4.79. The first-order valence-electron chi connectivity index (χ1n) is 7.26. The number of carbonyl (C=O) groups is 2. The molecule has 1 aromatic carbocycles. The molecule has 1 aromatic heterocycles. The Morgan fingerprint density at radius 2 is 2.08 bits per heavy atom. The average molecular weight is 369 g/mol. The molecule has 6 nitrogen and oxygen atoms in total. The van der Waals surface area contributed by atoms with Gasteiger partial charge >= 0.3 is 5.97 Å².